The van der Waals surface area contributed by atoms with Crippen molar-refractivity contribution in [3.63, 3.8) is 0 Å². The SMILES string of the molecule is CC(=O)N1CC(NC(=O)Nc2ccc(Oc3ccnc4cc(-c5ccc(CN6CCC(NC(=O)O)CC6)cn5)sc34)c(F)c2)C1. The van der Waals surface area contributed by atoms with Crippen molar-refractivity contribution in [3.05, 3.63) is 66.2 Å². The minimum Gasteiger partial charge on any atom is -0.465 e. The number of hydrogen-bond donors (Lipinski definition) is 4. The Morgan fingerprint density at radius 1 is 1.02 bits per heavy atom. The Kier molecular flexibility index (Phi) is 8.76. The van der Waals surface area contributed by atoms with E-state index in [1.165, 1.54) is 30.4 Å². The Balaban J connectivity index is 1.07. The van der Waals surface area contributed by atoms with E-state index >= 15 is 4.39 Å². The second kappa shape index (κ2) is 13.0. The van der Waals surface area contributed by atoms with E-state index in [9.17, 15) is 14.4 Å². The van der Waals surface area contributed by atoms with Crippen LogP contribution < -0.4 is 20.7 Å². The van der Waals surface area contributed by atoms with Crippen LogP contribution >= 0.6 is 11.3 Å². The van der Waals surface area contributed by atoms with Crippen LogP contribution in [0.1, 0.15) is 25.3 Å². The van der Waals surface area contributed by atoms with E-state index < -0.39 is 17.9 Å². The molecule has 0 aliphatic carbocycles. The summed E-state index contributed by atoms with van der Waals surface area (Å²) < 4.78 is 21.7. The summed E-state index contributed by atoms with van der Waals surface area (Å²) in [7, 11) is 0. The molecule has 0 unspecified atom stereocenters. The van der Waals surface area contributed by atoms with Gasteiger partial charge in [-0.2, -0.15) is 0 Å². The third-order valence-electron chi connectivity index (χ3n) is 7.85. The van der Waals surface area contributed by atoms with Gasteiger partial charge in [0.15, 0.2) is 11.6 Å². The van der Waals surface area contributed by atoms with E-state index in [2.05, 4.69) is 30.8 Å². The van der Waals surface area contributed by atoms with Gasteiger partial charge < -0.3 is 30.7 Å². The molecular formula is C31H32FN7O5S. The number of nitrogens with zero attached hydrogens (tertiary/aromatic N) is 4. The number of urea groups is 1. The highest BCUT2D eigenvalue weighted by Crippen LogP contribution is 2.39. The molecule has 0 bridgehead atoms. The maximum Gasteiger partial charge on any atom is 0.404 e. The Morgan fingerprint density at radius 3 is 2.51 bits per heavy atom. The second-order valence-corrected chi connectivity index (χ2v) is 12.2. The Bertz CT molecular complexity index is 1720. The molecule has 0 atom stereocenters. The first kappa shape index (κ1) is 30.2. The molecule has 2 aliphatic heterocycles. The fraction of sp³-hybridized carbons (Fsp3) is 0.323. The van der Waals surface area contributed by atoms with E-state index in [1.54, 1.807) is 23.2 Å². The second-order valence-electron chi connectivity index (χ2n) is 11.2. The molecule has 3 aromatic heterocycles. The predicted octanol–water partition coefficient (Wildman–Crippen LogP) is 4.87. The van der Waals surface area contributed by atoms with Crippen LogP contribution in [-0.2, 0) is 11.3 Å². The van der Waals surface area contributed by atoms with E-state index in [-0.39, 0.29) is 29.4 Å². The Hall–Kier alpha value is -4.82. The van der Waals surface area contributed by atoms with Gasteiger partial charge in [-0.05, 0) is 42.7 Å². The summed E-state index contributed by atoms with van der Waals surface area (Å²) in [6, 6.07) is 11.2. The normalized spacial score (nSPS) is 15.8. The third kappa shape index (κ3) is 7.29. The molecule has 1 aromatic carbocycles. The van der Waals surface area contributed by atoms with Crippen molar-refractivity contribution >= 4 is 45.3 Å². The number of aromatic nitrogens is 2. The highest BCUT2D eigenvalue weighted by atomic mass is 32.1. The molecule has 14 heteroatoms. The van der Waals surface area contributed by atoms with Crippen molar-refractivity contribution in [2.45, 2.75) is 38.4 Å². The van der Waals surface area contributed by atoms with Crippen LogP contribution in [-0.4, -0.2) is 81.2 Å². The lowest BCUT2D eigenvalue weighted by Crippen LogP contribution is -2.61. The standard InChI is InChI=1S/C31H32FN7O5S/c1-18(40)39-16-22(17-39)36-30(41)35-21-3-5-26(23(32)12-21)44-27-6-9-33-25-13-28(45-29(25)27)24-4-2-19(14-34-24)15-38-10-7-20(8-11-38)37-31(42)43/h2-6,9,12-14,20,22,37H,7-8,10-11,15-17H2,1H3,(H,42,43)(H2,35,36,41). The van der Waals surface area contributed by atoms with Crippen LogP contribution in [0.5, 0.6) is 11.5 Å². The van der Waals surface area contributed by atoms with E-state index in [0.29, 0.717) is 24.4 Å². The number of benzene rings is 1. The summed E-state index contributed by atoms with van der Waals surface area (Å²) >= 11 is 1.45. The lowest BCUT2D eigenvalue weighted by molar-refractivity contribution is -0.133. The van der Waals surface area contributed by atoms with Crippen LogP contribution in [0.25, 0.3) is 20.8 Å². The smallest absolute Gasteiger partial charge is 0.404 e. The molecule has 2 saturated heterocycles. The number of carboxylic acid groups (broad SMARTS) is 1. The number of hydrogen-bond acceptors (Lipinski definition) is 8. The molecule has 0 spiro atoms. The molecule has 12 nitrogen and oxygen atoms in total. The van der Waals surface area contributed by atoms with Gasteiger partial charge >= 0.3 is 12.1 Å². The predicted molar refractivity (Wildman–Crippen MR) is 167 cm³/mol. The first-order valence-electron chi connectivity index (χ1n) is 14.6. The number of carbonyl (C=O) groups is 3. The van der Waals surface area contributed by atoms with Gasteiger partial charge in [-0.1, -0.05) is 6.07 Å². The molecule has 4 amide bonds. The van der Waals surface area contributed by atoms with Gasteiger partial charge in [0.1, 0.15) is 5.75 Å². The van der Waals surface area contributed by atoms with Gasteiger partial charge in [-0.25, -0.2) is 14.0 Å². The molecule has 234 valence electrons. The Morgan fingerprint density at radius 2 is 1.82 bits per heavy atom. The maximum atomic E-state index is 15.0. The average molecular weight is 634 g/mol. The molecule has 4 aromatic rings. The fourth-order valence-corrected chi connectivity index (χ4v) is 6.46. The minimum atomic E-state index is -0.977. The number of likely N-dealkylation sites (tertiary alicyclic amines) is 2. The lowest BCUT2D eigenvalue weighted by Gasteiger charge is -2.38. The van der Waals surface area contributed by atoms with Crippen LogP contribution in [0.4, 0.5) is 19.7 Å². The van der Waals surface area contributed by atoms with Crippen molar-refractivity contribution in [3.8, 4) is 22.1 Å². The van der Waals surface area contributed by atoms with Gasteiger partial charge in [-0.3, -0.25) is 19.7 Å². The number of amides is 4. The molecule has 4 N–H and O–H groups in total. The zero-order valence-electron chi connectivity index (χ0n) is 24.5. The van der Waals surface area contributed by atoms with Gasteiger partial charge in [-0.15, -0.1) is 11.3 Å². The summed E-state index contributed by atoms with van der Waals surface area (Å²) in [5.41, 5.74) is 2.83. The largest absolute Gasteiger partial charge is 0.465 e. The molecule has 2 fully saturated rings. The van der Waals surface area contributed by atoms with Crippen molar-refractivity contribution in [1.82, 2.24) is 30.4 Å². The van der Waals surface area contributed by atoms with Crippen molar-refractivity contribution in [2.24, 2.45) is 0 Å². The molecule has 0 radical (unpaired) electrons. The summed E-state index contributed by atoms with van der Waals surface area (Å²) in [5, 5.41) is 16.9. The van der Waals surface area contributed by atoms with Crippen LogP contribution in [0, 0.1) is 5.82 Å². The molecule has 2 aliphatic rings. The van der Waals surface area contributed by atoms with Crippen molar-refractivity contribution < 1.29 is 28.6 Å². The monoisotopic (exact) mass is 633 g/mol. The molecule has 0 saturated carbocycles. The first-order chi connectivity index (χ1) is 21.7. The number of halogens is 1. The summed E-state index contributed by atoms with van der Waals surface area (Å²) in [4.78, 5) is 48.4. The number of piperidine rings is 1. The zero-order chi connectivity index (χ0) is 31.5. The number of carbonyl (C=O) groups excluding carboxylic acids is 2. The topological polar surface area (TPSA) is 149 Å². The number of pyridine rings is 2. The fourth-order valence-electron chi connectivity index (χ4n) is 5.41. The summed E-state index contributed by atoms with van der Waals surface area (Å²) in [5.74, 6) is -0.225. The molecule has 6 rings (SSSR count). The summed E-state index contributed by atoms with van der Waals surface area (Å²) in [6.45, 7) is 4.75. The average Bonchev–Trinajstić information content (AvgIpc) is 3.42. The number of rotatable bonds is 8. The third-order valence-corrected chi connectivity index (χ3v) is 9.01. The highest BCUT2D eigenvalue weighted by Gasteiger charge is 2.29. The maximum absolute atomic E-state index is 15.0. The zero-order valence-corrected chi connectivity index (χ0v) is 25.3. The van der Waals surface area contributed by atoms with Gasteiger partial charge in [0.05, 0.1) is 26.8 Å². The lowest BCUT2D eigenvalue weighted by atomic mass is 10.0. The van der Waals surface area contributed by atoms with Gasteiger partial charge in [0, 0.05) is 75.9 Å². The quantitative estimate of drug-likeness (QED) is 0.215. The number of thiophene rings is 1. The van der Waals surface area contributed by atoms with Gasteiger partial charge in [0.25, 0.3) is 0 Å². The Labute approximate surface area is 262 Å². The number of fused-ring (bicyclic) bond motifs is 1. The summed E-state index contributed by atoms with van der Waals surface area (Å²) in [6.07, 6.45) is 4.04. The van der Waals surface area contributed by atoms with Crippen molar-refractivity contribution in [2.75, 3.05) is 31.5 Å². The van der Waals surface area contributed by atoms with Gasteiger partial charge in [0.2, 0.25) is 5.91 Å². The van der Waals surface area contributed by atoms with E-state index in [4.69, 9.17) is 9.84 Å². The number of nitrogens with one attached hydrogen (secondary N) is 3. The van der Waals surface area contributed by atoms with Crippen LogP contribution in [0.3, 0.4) is 0 Å². The molecular weight excluding hydrogens is 601 g/mol. The number of ether oxygens (including phenoxy) is 1. The molecule has 45 heavy (non-hydrogen) atoms. The van der Waals surface area contributed by atoms with E-state index in [1.807, 2.05) is 24.4 Å². The minimum absolute atomic E-state index is 0.000405. The highest BCUT2D eigenvalue weighted by molar-refractivity contribution is 7.22. The van der Waals surface area contributed by atoms with E-state index in [0.717, 1.165) is 53.3 Å². The van der Waals surface area contributed by atoms with Crippen LogP contribution in [0.2, 0.25) is 0 Å². The molecule has 5 heterocycles. The van der Waals surface area contributed by atoms with Crippen molar-refractivity contribution in [1.29, 1.82) is 0 Å². The number of anilines is 1. The first-order valence-corrected chi connectivity index (χ1v) is 15.4. The van der Waals surface area contributed by atoms with Crippen LogP contribution in [0.15, 0.2) is 54.9 Å².